The zero-order valence-corrected chi connectivity index (χ0v) is 7.21. The normalized spacial score (nSPS) is 9.71. The van der Waals surface area contributed by atoms with Crippen LogP contribution in [0.1, 0.15) is 10.4 Å². The highest BCUT2D eigenvalue weighted by molar-refractivity contribution is 5.90. The number of pyridine rings is 1. The predicted octanol–water partition coefficient (Wildman–Crippen LogP) is 1.89. The van der Waals surface area contributed by atoms with Crippen LogP contribution in [0, 0.1) is 0 Å². The molecular formula is C10H7NO3. The Bertz CT molecular complexity index is 408. The molecule has 0 fully saturated rings. The third-order valence-corrected chi connectivity index (χ3v) is 1.59. The topological polar surface area (TPSA) is 52.3 Å². The van der Waals surface area contributed by atoms with E-state index in [-0.39, 0.29) is 5.95 Å². The summed E-state index contributed by atoms with van der Waals surface area (Å²) in [5.74, 6) is -0.299. The Hall–Kier alpha value is -2.10. The molecule has 0 atom stereocenters. The number of hydrogen-bond acceptors (Lipinski definition) is 4. The molecular weight excluding hydrogens is 182 g/mol. The van der Waals surface area contributed by atoms with Crippen LogP contribution in [0.15, 0.2) is 47.3 Å². The van der Waals surface area contributed by atoms with Crippen molar-refractivity contribution >= 4 is 5.97 Å². The van der Waals surface area contributed by atoms with Gasteiger partial charge >= 0.3 is 5.97 Å². The van der Waals surface area contributed by atoms with E-state index in [9.17, 15) is 4.79 Å². The third kappa shape index (κ3) is 1.80. The largest absolute Gasteiger partial charge is 0.434 e. The van der Waals surface area contributed by atoms with Gasteiger partial charge in [-0.15, -0.1) is 0 Å². The molecule has 0 aliphatic carbocycles. The minimum Gasteiger partial charge on any atom is -0.434 e. The maximum atomic E-state index is 11.4. The lowest BCUT2D eigenvalue weighted by Crippen LogP contribution is -2.07. The van der Waals surface area contributed by atoms with Crippen molar-refractivity contribution in [3.05, 3.63) is 48.5 Å². The molecule has 0 aromatic carbocycles. The van der Waals surface area contributed by atoms with Crippen molar-refractivity contribution in [2.45, 2.75) is 0 Å². The summed E-state index contributed by atoms with van der Waals surface area (Å²) < 4.78 is 9.76. The van der Waals surface area contributed by atoms with Crippen LogP contribution in [0.2, 0.25) is 0 Å². The SMILES string of the molecule is O=C(Oc1ccco1)c1cccnc1. The summed E-state index contributed by atoms with van der Waals surface area (Å²) in [7, 11) is 0. The molecule has 0 N–H and O–H groups in total. The van der Waals surface area contributed by atoms with Crippen LogP contribution in [0.3, 0.4) is 0 Å². The van der Waals surface area contributed by atoms with Crippen LogP contribution >= 0.6 is 0 Å². The van der Waals surface area contributed by atoms with Gasteiger partial charge in [-0.1, -0.05) is 0 Å². The van der Waals surface area contributed by atoms with Gasteiger partial charge in [-0.05, 0) is 18.2 Å². The Morgan fingerprint density at radius 1 is 1.36 bits per heavy atom. The van der Waals surface area contributed by atoms with E-state index in [4.69, 9.17) is 9.15 Å². The molecule has 70 valence electrons. The van der Waals surface area contributed by atoms with Crippen molar-refractivity contribution in [2.75, 3.05) is 0 Å². The lowest BCUT2D eigenvalue weighted by molar-refractivity contribution is 0.0693. The summed E-state index contributed by atoms with van der Waals surface area (Å²) in [6.45, 7) is 0. The average Bonchev–Trinajstić information content (AvgIpc) is 2.72. The Balaban J connectivity index is 2.11. The highest BCUT2D eigenvalue weighted by atomic mass is 16.6. The van der Waals surface area contributed by atoms with Crippen LogP contribution < -0.4 is 4.74 Å². The first-order chi connectivity index (χ1) is 6.86. The smallest absolute Gasteiger partial charge is 0.347 e. The van der Waals surface area contributed by atoms with Gasteiger partial charge in [0.1, 0.15) is 0 Å². The van der Waals surface area contributed by atoms with Crippen LogP contribution in [-0.4, -0.2) is 11.0 Å². The van der Waals surface area contributed by atoms with E-state index in [0.29, 0.717) is 5.56 Å². The Labute approximate surface area is 80.1 Å². The Morgan fingerprint density at radius 3 is 2.93 bits per heavy atom. The van der Waals surface area contributed by atoms with Crippen LogP contribution in [0.5, 0.6) is 5.95 Å². The molecule has 0 aliphatic rings. The van der Waals surface area contributed by atoms with Crippen molar-refractivity contribution in [1.29, 1.82) is 0 Å². The molecule has 0 amide bonds. The third-order valence-electron chi connectivity index (χ3n) is 1.59. The molecule has 0 saturated heterocycles. The van der Waals surface area contributed by atoms with Gasteiger partial charge in [-0.25, -0.2) is 4.79 Å². The maximum Gasteiger partial charge on any atom is 0.347 e. The monoisotopic (exact) mass is 189 g/mol. The molecule has 4 heteroatoms. The van der Waals surface area contributed by atoms with Gasteiger partial charge in [0.15, 0.2) is 0 Å². The number of rotatable bonds is 2. The predicted molar refractivity (Wildman–Crippen MR) is 47.9 cm³/mol. The molecule has 4 nitrogen and oxygen atoms in total. The fourth-order valence-corrected chi connectivity index (χ4v) is 0.955. The number of esters is 1. The quantitative estimate of drug-likeness (QED) is 0.677. The van der Waals surface area contributed by atoms with Crippen LogP contribution in [0.4, 0.5) is 0 Å². The fourth-order valence-electron chi connectivity index (χ4n) is 0.955. The van der Waals surface area contributed by atoms with Crippen molar-refractivity contribution in [1.82, 2.24) is 4.98 Å². The highest BCUT2D eigenvalue weighted by Crippen LogP contribution is 2.12. The first-order valence-electron chi connectivity index (χ1n) is 4.02. The molecule has 14 heavy (non-hydrogen) atoms. The number of carbonyl (C=O) groups is 1. The zero-order valence-electron chi connectivity index (χ0n) is 7.21. The molecule has 2 rings (SSSR count). The summed E-state index contributed by atoms with van der Waals surface area (Å²) >= 11 is 0. The van der Waals surface area contributed by atoms with Crippen LogP contribution in [-0.2, 0) is 0 Å². The minimum absolute atomic E-state index is 0.179. The van der Waals surface area contributed by atoms with Crippen LogP contribution in [0.25, 0.3) is 0 Å². The van der Waals surface area contributed by atoms with Gasteiger partial charge in [0, 0.05) is 18.5 Å². The van der Waals surface area contributed by atoms with E-state index in [1.54, 1.807) is 30.5 Å². The van der Waals surface area contributed by atoms with Gasteiger partial charge in [-0.2, -0.15) is 0 Å². The molecule has 2 aromatic heterocycles. The second-order valence-electron chi connectivity index (χ2n) is 2.56. The molecule has 2 heterocycles. The standard InChI is InChI=1S/C10H7NO3/c12-10(8-3-1-5-11-7-8)14-9-4-2-6-13-9/h1-7H. The molecule has 2 aromatic rings. The van der Waals surface area contributed by atoms with Crippen molar-refractivity contribution < 1.29 is 13.9 Å². The number of aromatic nitrogens is 1. The summed E-state index contributed by atoms with van der Waals surface area (Å²) in [5.41, 5.74) is 0.393. The van der Waals surface area contributed by atoms with Gasteiger partial charge < -0.3 is 9.15 Å². The number of ether oxygens (including phenoxy) is 1. The second kappa shape index (κ2) is 3.74. The van der Waals surface area contributed by atoms with Gasteiger partial charge in [0.25, 0.3) is 5.95 Å². The summed E-state index contributed by atoms with van der Waals surface area (Å²) in [5, 5.41) is 0. The summed E-state index contributed by atoms with van der Waals surface area (Å²) in [6.07, 6.45) is 4.46. The molecule has 0 unspecified atom stereocenters. The van der Waals surface area contributed by atoms with E-state index >= 15 is 0 Å². The molecule has 0 bridgehead atoms. The van der Waals surface area contributed by atoms with E-state index in [1.807, 2.05) is 0 Å². The van der Waals surface area contributed by atoms with Gasteiger partial charge in [-0.3, -0.25) is 4.98 Å². The van der Waals surface area contributed by atoms with Gasteiger partial charge in [0.2, 0.25) is 0 Å². The highest BCUT2D eigenvalue weighted by Gasteiger charge is 2.08. The first kappa shape index (κ1) is 8.50. The zero-order chi connectivity index (χ0) is 9.80. The van der Waals surface area contributed by atoms with Crippen molar-refractivity contribution in [2.24, 2.45) is 0 Å². The van der Waals surface area contributed by atoms with Crippen molar-refractivity contribution in [3.8, 4) is 5.95 Å². The molecule has 0 aliphatic heterocycles. The fraction of sp³-hybridized carbons (Fsp3) is 0. The number of nitrogens with zero attached hydrogens (tertiary/aromatic N) is 1. The van der Waals surface area contributed by atoms with Gasteiger partial charge in [0.05, 0.1) is 11.8 Å². The Kier molecular flexibility index (Phi) is 2.27. The van der Waals surface area contributed by atoms with E-state index < -0.39 is 5.97 Å². The maximum absolute atomic E-state index is 11.4. The minimum atomic E-state index is -0.479. The second-order valence-corrected chi connectivity index (χ2v) is 2.56. The summed E-state index contributed by atoms with van der Waals surface area (Å²) in [6, 6.07) is 6.50. The molecule has 0 radical (unpaired) electrons. The lowest BCUT2D eigenvalue weighted by Gasteiger charge is -1.98. The first-order valence-corrected chi connectivity index (χ1v) is 4.02. The summed E-state index contributed by atoms with van der Waals surface area (Å²) in [4.78, 5) is 15.2. The Morgan fingerprint density at radius 2 is 2.29 bits per heavy atom. The van der Waals surface area contributed by atoms with E-state index in [1.165, 1.54) is 12.5 Å². The number of hydrogen-bond donors (Lipinski definition) is 0. The average molecular weight is 189 g/mol. The molecule has 0 saturated carbocycles. The number of furan rings is 1. The van der Waals surface area contributed by atoms with E-state index in [0.717, 1.165) is 0 Å². The molecule has 0 spiro atoms. The van der Waals surface area contributed by atoms with Crippen molar-refractivity contribution in [3.63, 3.8) is 0 Å². The lowest BCUT2D eigenvalue weighted by atomic mass is 10.3. The van der Waals surface area contributed by atoms with E-state index in [2.05, 4.69) is 4.98 Å². The number of carbonyl (C=O) groups excluding carboxylic acids is 1.